The molecule has 0 radical (unpaired) electrons. The number of aromatic nitrogens is 1. The van der Waals surface area contributed by atoms with Gasteiger partial charge in [-0.3, -0.25) is 0 Å². The van der Waals surface area contributed by atoms with Gasteiger partial charge in [0.05, 0.1) is 11.0 Å². The van der Waals surface area contributed by atoms with Crippen LogP contribution in [0.4, 0.5) is 0 Å². The molecule has 2 heterocycles. The number of fused-ring (bicyclic) bond motifs is 4. The summed E-state index contributed by atoms with van der Waals surface area (Å²) < 4.78 is 2.53. The lowest BCUT2D eigenvalue weighted by molar-refractivity contribution is 0.729. The van der Waals surface area contributed by atoms with Gasteiger partial charge in [0.15, 0.2) is 0 Å². The molecule has 0 saturated heterocycles. The van der Waals surface area contributed by atoms with Crippen molar-refractivity contribution in [3.8, 4) is 11.1 Å². The van der Waals surface area contributed by atoms with Gasteiger partial charge in [-0.2, -0.15) is 0 Å². The third-order valence-electron chi connectivity index (χ3n) is 10.7. The van der Waals surface area contributed by atoms with Crippen molar-refractivity contribution in [1.29, 1.82) is 0 Å². The Morgan fingerprint density at radius 3 is 2.17 bits per heavy atom. The van der Waals surface area contributed by atoms with Crippen LogP contribution in [-0.4, -0.2) is 4.57 Å². The minimum Gasteiger partial charge on any atom is -0.336 e. The quantitative estimate of drug-likeness (QED) is 0.150. The first-order valence-electron chi connectivity index (χ1n) is 18.0. The first-order chi connectivity index (χ1) is 22.9. The Hall–Kier alpha value is -4.36. The van der Waals surface area contributed by atoms with Crippen LogP contribution in [0.2, 0.25) is 0 Å². The van der Waals surface area contributed by atoms with Crippen molar-refractivity contribution < 1.29 is 0 Å². The smallest absolute Gasteiger partial charge is 0.0574 e. The van der Waals surface area contributed by atoms with Gasteiger partial charge in [-0.25, -0.2) is 0 Å². The maximum absolute atomic E-state index is 4.77. The first-order valence-corrected chi connectivity index (χ1v) is 18.0. The van der Waals surface area contributed by atoms with E-state index in [1.807, 2.05) is 6.08 Å². The lowest BCUT2D eigenvalue weighted by atomic mass is 9.88. The number of benzene rings is 4. The molecule has 0 bridgehead atoms. The van der Waals surface area contributed by atoms with E-state index in [4.69, 9.17) is 6.58 Å². The second-order valence-corrected chi connectivity index (χ2v) is 15.0. The second kappa shape index (κ2) is 13.3. The predicted molar refractivity (Wildman–Crippen MR) is 213 cm³/mol. The SMILES string of the molecule is C=C\C(=C/C1=C/C(=C)c2cc(-c3cc(C(C)C)cc(C(C)CC)c3)cc3c4cc5cc(C(C)C)ccc5cc4n(c23)C/C=C\1C)C(C)C. The minimum absolute atomic E-state index is 0.391. The van der Waals surface area contributed by atoms with Crippen LogP contribution < -0.4 is 0 Å². The zero-order valence-electron chi connectivity index (χ0n) is 30.7. The average Bonchev–Trinajstić information content (AvgIpc) is 3.39. The molecule has 0 amide bonds. The van der Waals surface area contributed by atoms with Crippen molar-refractivity contribution in [2.75, 3.05) is 0 Å². The Labute approximate surface area is 289 Å². The molecule has 4 aromatic carbocycles. The van der Waals surface area contributed by atoms with Crippen LogP contribution in [-0.2, 0) is 6.54 Å². The molecule has 1 nitrogen and oxygen atoms in total. The van der Waals surface area contributed by atoms with Crippen molar-refractivity contribution in [2.24, 2.45) is 5.92 Å². The molecule has 0 N–H and O–H groups in total. The second-order valence-electron chi connectivity index (χ2n) is 15.0. The Morgan fingerprint density at radius 2 is 1.50 bits per heavy atom. The fraction of sp³-hybridized carbons (Fsp3) is 0.319. The summed E-state index contributed by atoms with van der Waals surface area (Å²) in [6.45, 7) is 30.2. The maximum atomic E-state index is 4.77. The molecule has 1 aromatic heterocycles. The Morgan fingerprint density at radius 1 is 0.792 bits per heavy atom. The van der Waals surface area contributed by atoms with Gasteiger partial charge >= 0.3 is 0 Å². The molecular formula is C47H53N. The van der Waals surface area contributed by atoms with Crippen molar-refractivity contribution in [3.05, 3.63) is 137 Å². The Bertz CT molecular complexity index is 2170. The van der Waals surface area contributed by atoms with Gasteiger partial charge in [0.1, 0.15) is 0 Å². The topological polar surface area (TPSA) is 4.93 Å². The summed E-state index contributed by atoms with van der Waals surface area (Å²) in [5.41, 5.74) is 15.2. The highest BCUT2D eigenvalue weighted by atomic mass is 15.0. The van der Waals surface area contributed by atoms with Gasteiger partial charge in [0, 0.05) is 22.9 Å². The number of rotatable bonds is 8. The largest absolute Gasteiger partial charge is 0.336 e. The number of hydrogen-bond acceptors (Lipinski definition) is 0. The maximum Gasteiger partial charge on any atom is 0.0574 e. The van der Waals surface area contributed by atoms with Gasteiger partial charge in [0.2, 0.25) is 0 Å². The summed E-state index contributed by atoms with van der Waals surface area (Å²) in [7, 11) is 0. The molecule has 0 aliphatic carbocycles. The fourth-order valence-corrected chi connectivity index (χ4v) is 7.17. The molecule has 0 fully saturated rings. The Kier molecular flexibility index (Phi) is 9.27. The van der Waals surface area contributed by atoms with Gasteiger partial charge in [0.25, 0.3) is 0 Å². The summed E-state index contributed by atoms with van der Waals surface area (Å²) in [5, 5.41) is 5.18. The van der Waals surface area contributed by atoms with E-state index in [1.54, 1.807) is 0 Å². The standard InChI is InChI=1S/C47H53N/c1-12-31(9)39-21-37(30(7)8)22-40(23-39)42-24-43-33(11)18-38(19-34(13-2)28(3)4)32(10)16-17-48-46-27-36-15-14-35(29(5)6)20-41(36)25-44(46)45(26-42)47(43)48/h13-16,18-31H,2,11-12,17H2,1,3-10H3/b32-16-,34-19+,38-18-. The molecule has 1 unspecified atom stereocenters. The van der Waals surface area contributed by atoms with E-state index in [1.165, 1.54) is 82.7 Å². The minimum atomic E-state index is 0.391. The van der Waals surface area contributed by atoms with E-state index in [-0.39, 0.29) is 0 Å². The van der Waals surface area contributed by atoms with Crippen LogP contribution in [0.5, 0.6) is 0 Å². The van der Waals surface area contributed by atoms with E-state index in [0.29, 0.717) is 23.7 Å². The summed E-state index contributed by atoms with van der Waals surface area (Å²) in [6.07, 6.45) is 10.1. The molecule has 1 atom stereocenters. The molecular weight excluding hydrogens is 579 g/mol. The molecule has 1 aliphatic rings. The third-order valence-corrected chi connectivity index (χ3v) is 10.7. The van der Waals surface area contributed by atoms with Crippen molar-refractivity contribution in [3.63, 3.8) is 0 Å². The number of nitrogens with zero attached hydrogens (tertiary/aromatic N) is 1. The van der Waals surface area contributed by atoms with Crippen molar-refractivity contribution in [2.45, 2.75) is 93.0 Å². The van der Waals surface area contributed by atoms with Crippen LogP contribution in [0.15, 0.2) is 115 Å². The van der Waals surface area contributed by atoms with E-state index in [2.05, 4.69) is 152 Å². The highest BCUT2D eigenvalue weighted by molar-refractivity contribution is 6.16. The lowest BCUT2D eigenvalue weighted by Gasteiger charge is -2.17. The predicted octanol–water partition coefficient (Wildman–Crippen LogP) is 14.0. The van der Waals surface area contributed by atoms with Crippen LogP contribution >= 0.6 is 0 Å². The van der Waals surface area contributed by atoms with Crippen molar-refractivity contribution in [1.82, 2.24) is 4.57 Å². The Balaban J connectivity index is 1.71. The van der Waals surface area contributed by atoms with Gasteiger partial charge < -0.3 is 4.57 Å². The molecule has 1 heteroatoms. The van der Waals surface area contributed by atoms with E-state index < -0.39 is 0 Å². The van der Waals surface area contributed by atoms with Crippen LogP contribution in [0.3, 0.4) is 0 Å². The van der Waals surface area contributed by atoms with Crippen LogP contribution in [0, 0.1) is 5.92 Å². The fourth-order valence-electron chi connectivity index (χ4n) is 7.17. The summed E-state index contributed by atoms with van der Waals surface area (Å²) in [5.74, 6) is 1.83. The molecule has 1 aliphatic heterocycles. The van der Waals surface area contributed by atoms with Crippen LogP contribution in [0.1, 0.15) is 109 Å². The van der Waals surface area contributed by atoms with E-state index in [9.17, 15) is 0 Å². The lowest BCUT2D eigenvalue weighted by Crippen LogP contribution is -1.99. The first kappa shape index (κ1) is 33.5. The summed E-state index contributed by atoms with van der Waals surface area (Å²) >= 11 is 0. The highest BCUT2D eigenvalue weighted by Crippen LogP contribution is 2.42. The van der Waals surface area contributed by atoms with E-state index in [0.717, 1.165) is 18.5 Å². The number of allylic oxidation sites excluding steroid dienone is 8. The molecule has 48 heavy (non-hydrogen) atoms. The highest BCUT2D eigenvalue weighted by Gasteiger charge is 2.21. The summed E-state index contributed by atoms with van der Waals surface area (Å²) in [6, 6.07) is 24.0. The normalized spacial score (nSPS) is 17.1. The number of hydrogen-bond donors (Lipinski definition) is 0. The molecule has 5 aromatic rings. The van der Waals surface area contributed by atoms with Gasteiger partial charge in [-0.1, -0.05) is 123 Å². The van der Waals surface area contributed by atoms with E-state index >= 15 is 0 Å². The molecule has 246 valence electrons. The zero-order chi connectivity index (χ0) is 34.4. The zero-order valence-corrected chi connectivity index (χ0v) is 30.7. The average molecular weight is 632 g/mol. The van der Waals surface area contributed by atoms with Crippen molar-refractivity contribution >= 4 is 38.2 Å². The third kappa shape index (κ3) is 6.16. The summed E-state index contributed by atoms with van der Waals surface area (Å²) in [4.78, 5) is 0. The van der Waals surface area contributed by atoms with Crippen LogP contribution in [0.25, 0.3) is 49.3 Å². The van der Waals surface area contributed by atoms with Gasteiger partial charge in [-0.15, -0.1) is 0 Å². The molecule has 6 rings (SSSR count). The van der Waals surface area contributed by atoms with Gasteiger partial charge in [-0.05, 0) is 128 Å². The molecule has 0 saturated carbocycles. The molecule has 0 spiro atoms. The monoisotopic (exact) mass is 631 g/mol.